The Morgan fingerprint density at radius 3 is 2.41 bits per heavy atom. The van der Waals surface area contributed by atoms with E-state index in [1.54, 1.807) is 4.68 Å². The Hall–Kier alpha value is -3.06. The summed E-state index contributed by atoms with van der Waals surface area (Å²) in [7, 11) is 0. The number of aliphatic hydroxyl groups is 1. The van der Waals surface area contributed by atoms with Gasteiger partial charge in [0.1, 0.15) is 11.5 Å². The lowest BCUT2D eigenvalue weighted by Crippen LogP contribution is -2.32. The van der Waals surface area contributed by atoms with E-state index in [4.69, 9.17) is 0 Å². The highest BCUT2D eigenvalue weighted by molar-refractivity contribution is 5.94. The highest BCUT2D eigenvalue weighted by Crippen LogP contribution is 2.57. The molecule has 7 rings (SSSR count). The molecule has 34 heavy (non-hydrogen) atoms. The van der Waals surface area contributed by atoms with Crippen molar-refractivity contribution < 1.29 is 18.7 Å². The van der Waals surface area contributed by atoms with Crippen molar-refractivity contribution in [2.24, 2.45) is 11.8 Å². The van der Waals surface area contributed by atoms with Crippen molar-refractivity contribution in [1.82, 2.24) is 15.1 Å². The Kier molecular flexibility index (Phi) is 5.25. The SMILES string of the molecule is O=C(N[C@@H](CO)c1ccccc1)c1nn(-c2ccc(F)cc2F)c2c1C1CC3CC(C1)CC2C3. The molecule has 0 aliphatic heterocycles. The topological polar surface area (TPSA) is 67.2 Å². The van der Waals surface area contributed by atoms with Crippen LogP contribution in [0.2, 0.25) is 0 Å². The zero-order chi connectivity index (χ0) is 23.4. The zero-order valence-corrected chi connectivity index (χ0v) is 18.8. The lowest BCUT2D eigenvalue weighted by Gasteiger charge is -2.38. The lowest BCUT2D eigenvalue weighted by molar-refractivity contribution is 0.0907. The third-order valence-electron chi connectivity index (χ3n) is 7.94. The van der Waals surface area contributed by atoms with Crippen LogP contribution < -0.4 is 5.32 Å². The van der Waals surface area contributed by atoms with Gasteiger partial charge in [-0.25, -0.2) is 13.5 Å². The first-order chi connectivity index (χ1) is 16.5. The second kappa shape index (κ2) is 8.31. The molecule has 0 saturated heterocycles. The van der Waals surface area contributed by atoms with E-state index in [2.05, 4.69) is 10.4 Å². The minimum Gasteiger partial charge on any atom is -0.394 e. The maximum absolute atomic E-state index is 14.9. The van der Waals surface area contributed by atoms with E-state index >= 15 is 0 Å². The van der Waals surface area contributed by atoms with E-state index in [-0.39, 0.29) is 30.0 Å². The second-order valence-electron chi connectivity index (χ2n) is 10.1. The summed E-state index contributed by atoms with van der Waals surface area (Å²) in [5.74, 6) is -0.105. The molecule has 1 heterocycles. The van der Waals surface area contributed by atoms with Crippen molar-refractivity contribution in [3.05, 3.63) is 82.7 Å². The fourth-order valence-corrected chi connectivity index (χ4v) is 6.70. The number of nitrogens with zero attached hydrogens (tertiary/aromatic N) is 2. The van der Waals surface area contributed by atoms with Gasteiger partial charge in [-0.1, -0.05) is 30.3 Å². The quantitative estimate of drug-likeness (QED) is 0.559. The fourth-order valence-electron chi connectivity index (χ4n) is 6.70. The van der Waals surface area contributed by atoms with Crippen molar-refractivity contribution in [3.8, 4) is 5.69 Å². The molecule has 2 aromatic carbocycles. The van der Waals surface area contributed by atoms with Crippen LogP contribution in [0.4, 0.5) is 8.78 Å². The van der Waals surface area contributed by atoms with Gasteiger partial charge in [0.25, 0.3) is 5.91 Å². The van der Waals surface area contributed by atoms with Crippen LogP contribution >= 0.6 is 0 Å². The number of hydrogen-bond acceptors (Lipinski definition) is 3. The standard InChI is InChI=1S/C27H27F2N3O2/c28-20-6-7-23(21(29)13-20)32-26-19-11-15-8-16(12-19)10-18(9-15)24(26)25(31-32)27(34)30-22(14-33)17-4-2-1-3-5-17/h1-7,13,15-16,18-19,22,33H,8-12,14H2,(H,30,34)/t15?,16?,18?,19?,22-/m0/s1. The Morgan fingerprint density at radius 1 is 1.03 bits per heavy atom. The summed E-state index contributed by atoms with van der Waals surface area (Å²) in [4.78, 5) is 13.6. The molecule has 2 N–H and O–H groups in total. The van der Waals surface area contributed by atoms with Gasteiger partial charge in [0.05, 0.1) is 18.3 Å². The molecular formula is C27H27F2N3O2. The number of hydrogen-bond donors (Lipinski definition) is 2. The highest BCUT2D eigenvalue weighted by atomic mass is 19.1. The van der Waals surface area contributed by atoms with E-state index in [9.17, 15) is 18.7 Å². The molecule has 2 unspecified atom stereocenters. The first-order valence-corrected chi connectivity index (χ1v) is 12.1. The average Bonchev–Trinajstić information content (AvgIpc) is 3.14. The maximum atomic E-state index is 14.9. The number of aromatic nitrogens is 2. The molecule has 0 radical (unpaired) electrons. The Bertz CT molecular complexity index is 1230. The van der Waals surface area contributed by atoms with Crippen LogP contribution in [0.1, 0.15) is 77.3 Å². The minimum absolute atomic E-state index is 0.166. The molecule has 4 aliphatic carbocycles. The Morgan fingerprint density at radius 2 is 1.74 bits per heavy atom. The number of amides is 1. The first-order valence-electron chi connectivity index (χ1n) is 12.1. The monoisotopic (exact) mass is 463 g/mol. The predicted octanol–water partition coefficient (Wildman–Crippen LogP) is 5.00. The van der Waals surface area contributed by atoms with Gasteiger partial charge < -0.3 is 10.4 Å². The van der Waals surface area contributed by atoms with Crippen molar-refractivity contribution in [2.75, 3.05) is 6.61 Å². The molecular weight excluding hydrogens is 436 g/mol. The van der Waals surface area contributed by atoms with Gasteiger partial charge in [-0.05, 0) is 67.6 Å². The van der Waals surface area contributed by atoms with Crippen molar-refractivity contribution in [3.63, 3.8) is 0 Å². The van der Waals surface area contributed by atoms with Crippen LogP contribution in [0.25, 0.3) is 5.69 Å². The molecule has 3 aromatic rings. The van der Waals surface area contributed by atoms with Crippen LogP contribution in [-0.4, -0.2) is 27.4 Å². The van der Waals surface area contributed by atoms with Gasteiger partial charge in [-0.2, -0.15) is 5.10 Å². The van der Waals surface area contributed by atoms with E-state index in [1.807, 2.05) is 30.3 Å². The summed E-state index contributed by atoms with van der Waals surface area (Å²) in [6.07, 6.45) is 5.27. The molecule has 2 saturated carbocycles. The molecule has 2 fully saturated rings. The van der Waals surface area contributed by atoms with Gasteiger partial charge in [0, 0.05) is 17.5 Å². The van der Waals surface area contributed by atoms with E-state index in [0.29, 0.717) is 17.5 Å². The van der Waals surface area contributed by atoms with Crippen molar-refractivity contribution in [1.29, 1.82) is 0 Å². The fraction of sp³-hybridized carbons (Fsp3) is 0.407. The number of carbonyl (C=O) groups excluding carboxylic acids is 1. The summed E-state index contributed by atoms with van der Waals surface area (Å²) in [6, 6.07) is 12.2. The molecule has 7 heteroatoms. The number of halogens is 2. The lowest BCUT2D eigenvalue weighted by atomic mass is 9.67. The van der Waals surface area contributed by atoms with Gasteiger partial charge in [-0.3, -0.25) is 4.79 Å². The second-order valence-corrected chi connectivity index (χ2v) is 10.1. The first kappa shape index (κ1) is 21.5. The molecule has 1 amide bonds. The highest BCUT2D eigenvalue weighted by Gasteiger charge is 2.46. The van der Waals surface area contributed by atoms with Gasteiger partial charge in [0.15, 0.2) is 11.5 Å². The predicted molar refractivity (Wildman–Crippen MR) is 123 cm³/mol. The summed E-state index contributed by atoms with van der Waals surface area (Å²) in [5.41, 5.74) is 3.09. The summed E-state index contributed by atoms with van der Waals surface area (Å²) in [5, 5.41) is 17.6. The third-order valence-corrected chi connectivity index (χ3v) is 7.94. The molecule has 5 nitrogen and oxygen atoms in total. The van der Waals surface area contributed by atoms with Gasteiger partial charge in [0.2, 0.25) is 0 Å². The number of benzene rings is 2. The molecule has 176 valence electrons. The van der Waals surface area contributed by atoms with Crippen LogP contribution in [0.3, 0.4) is 0 Å². The summed E-state index contributed by atoms with van der Waals surface area (Å²) >= 11 is 0. The molecule has 4 aliphatic rings. The minimum atomic E-state index is -0.696. The van der Waals surface area contributed by atoms with Crippen LogP contribution in [0.5, 0.6) is 0 Å². The van der Waals surface area contributed by atoms with E-state index < -0.39 is 17.7 Å². The van der Waals surface area contributed by atoms with Crippen LogP contribution in [0, 0.1) is 23.5 Å². The average molecular weight is 464 g/mol. The van der Waals surface area contributed by atoms with E-state index in [0.717, 1.165) is 48.6 Å². The summed E-state index contributed by atoms with van der Waals surface area (Å²) < 4.78 is 30.1. The van der Waals surface area contributed by atoms with Crippen LogP contribution in [0.15, 0.2) is 48.5 Å². The van der Waals surface area contributed by atoms with Gasteiger partial charge >= 0.3 is 0 Å². The van der Waals surface area contributed by atoms with E-state index in [1.165, 1.54) is 18.6 Å². The maximum Gasteiger partial charge on any atom is 0.272 e. The number of nitrogens with one attached hydrogen (secondary N) is 1. The summed E-state index contributed by atoms with van der Waals surface area (Å²) in [6.45, 7) is -0.249. The Labute approximate surface area is 196 Å². The van der Waals surface area contributed by atoms with Crippen molar-refractivity contribution in [2.45, 2.75) is 50.0 Å². The normalized spacial score (nSPS) is 25.6. The Balaban J connectivity index is 1.46. The number of aliphatic hydroxyl groups excluding tert-OH is 1. The molecule has 1 aromatic heterocycles. The van der Waals surface area contributed by atoms with Crippen molar-refractivity contribution >= 4 is 5.91 Å². The smallest absolute Gasteiger partial charge is 0.272 e. The number of rotatable bonds is 5. The van der Waals surface area contributed by atoms with Crippen LogP contribution in [-0.2, 0) is 0 Å². The largest absolute Gasteiger partial charge is 0.394 e. The van der Waals surface area contributed by atoms with Gasteiger partial charge in [-0.15, -0.1) is 0 Å². The molecule has 0 spiro atoms. The molecule has 3 atom stereocenters. The zero-order valence-electron chi connectivity index (χ0n) is 18.8. The third kappa shape index (κ3) is 3.54. The molecule has 4 bridgehead atoms. The number of carbonyl (C=O) groups is 1.